The minimum absolute atomic E-state index is 0. The van der Waals surface area contributed by atoms with Crippen molar-refractivity contribution in [1.29, 1.82) is 0 Å². The van der Waals surface area contributed by atoms with E-state index in [-0.39, 0.29) is 36.2 Å². The predicted molar refractivity (Wildman–Crippen MR) is 107 cm³/mol. The minimum Gasteiger partial charge on any atom is -0.493 e. The highest BCUT2D eigenvalue weighted by Gasteiger charge is 2.34. The Morgan fingerprint density at radius 3 is 2.41 bits per heavy atom. The number of hydrogen-bond acceptors (Lipinski definition) is 4. The fourth-order valence-electron chi connectivity index (χ4n) is 3.49. The van der Waals surface area contributed by atoms with Crippen LogP contribution in [0.2, 0.25) is 0 Å². The molecule has 0 aromatic heterocycles. The summed E-state index contributed by atoms with van der Waals surface area (Å²) in [7, 11) is 0. The van der Waals surface area contributed by atoms with E-state index >= 15 is 0 Å². The molecule has 1 atom stereocenters. The summed E-state index contributed by atoms with van der Waals surface area (Å²) < 4.78 is 5.59. The zero-order chi connectivity index (χ0) is 18.4. The van der Waals surface area contributed by atoms with E-state index in [2.05, 4.69) is 5.32 Å². The normalized spacial score (nSPS) is 18.3. The van der Waals surface area contributed by atoms with Crippen molar-refractivity contribution in [2.75, 3.05) is 26.2 Å². The average Bonchev–Trinajstić information content (AvgIpc) is 3.52. The zero-order valence-electron chi connectivity index (χ0n) is 15.6. The van der Waals surface area contributed by atoms with Crippen LogP contribution in [0.15, 0.2) is 30.3 Å². The molecule has 3 N–H and O–H groups in total. The van der Waals surface area contributed by atoms with E-state index in [1.165, 1.54) is 12.8 Å². The molecule has 27 heavy (non-hydrogen) atoms. The molecule has 1 aliphatic heterocycles. The lowest BCUT2D eigenvalue weighted by Crippen LogP contribution is -2.48. The Hall–Kier alpha value is -1.79. The number of hydrogen-bond donors (Lipinski definition) is 2. The molecule has 0 spiro atoms. The van der Waals surface area contributed by atoms with E-state index in [0.29, 0.717) is 38.6 Å². The van der Waals surface area contributed by atoms with Crippen LogP contribution in [0, 0.1) is 11.8 Å². The molecular formula is C20H30ClN3O3. The van der Waals surface area contributed by atoms with Crippen LogP contribution >= 0.6 is 12.4 Å². The fourth-order valence-corrected chi connectivity index (χ4v) is 3.49. The maximum absolute atomic E-state index is 12.4. The lowest BCUT2D eigenvalue weighted by atomic mass is 9.95. The van der Waals surface area contributed by atoms with Gasteiger partial charge in [0.1, 0.15) is 5.75 Å². The second kappa shape index (κ2) is 10.5. The Kier molecular flexibility index (Phi) is 8.38. The van der Waals surface area contributed by atoms with Gasteiger partial charge >= 0.3 is 0 Å². The first-order valence-corrected chi connectivity index (χ1v) is 9.63. The number of nitrogens with two attached hydrogens (primary N) is 1. The van der Waals surface area contributed by atoms with Gasteiger partial charge in [0.2, 0.25) is 11.8 Å². The molecule has 1 aliphatic carbocycles. The summed E-state index contributed by atoms with van der Waals surface area (Å²) in [5, 5.41) is 3.11. The van der Waals surface area contributed by atoms with E-state index in [1.54, 1.807) is 0 Å². The SMILES string of the molecule is Cl.NCC(NC(=O)C1CCN(C(=O)CCOc2ccccc2)CC1)C1CC1. The van der Waals surface area contributed by atoms with Crippen molar-refractivity contribution < 1.29 is 14.3 Å². The molecule has 1 heterocycles. The topological polar surface area (TPSA) is 84.7 Å². The highest BCUT2D eigenvalue weighted by atomic mass is 35.5. The number of para-hydroxylation sites is 1. The first-order valence-electron chi connectivity index (χ1n) is 9.63. The monoisotopic (exact) mass is 395 g/mol. The van der Waals surface area contributed by atoms with Crippen LogP contribution < -0.4 is 15.8 Å². The van der Waals surface area contributed by atoms with E-state index in [4.69, 9.17) is 10.5 Å². The molecule has 1 saturated heterocycles. The Bertz CT molecular complexity index is 602. The third-order valence-corrected chi connectivity index (χ3v) is 5.32. The van der Waals surface area contributed by atoms with Gasteiger partial charge in [-0.1, -0.05) is 18.2 Å². The van der Waals surface area contributed by atoms with E-state index in [0.717, 1.165) is 18.6 Å². The van der Waals surface area contributed by atoms with Gasteiger partial charge < -0.3 is 20.7 Å². The Morgan fingerprint density at radius 1 is 1.15 bits per heavy atom. The van der Waals surface area contributed by atoms with Crippen molar-refractivity contribution in [3.63, 3.8) is 0 Å². The molecule has 1 aromatic rings. The van der Waals surface area contributed by atoms with Crippen molar-refractivity contribution >= 4 is 24.2 Å². The van der Waals surface area contributed by atoms with E-state index in [1.807, 2.05) is 35.2 Å². The molecule has 150 valence electrons. The second-order valence-corrected chi connectivity index (χ2v) is 7.25. The third kappa shape index (κ3) is 6.40. The van der Waals surface area contributed by atoms with Crippen LogP contribution in [0.4, 0.5) is 0 Å². The maximum Gasteiger partial charge on any atom is 0.225 e. The van der Waals surface area contributed by atoms with Gasteiger partial charge in [0, 0.05) is 31.6 Å². The van der Waals surface area contributed by atoms with Crippen LogP contribution in [-0.2, 0) is 9.59 Å². The molecule has 2 fully saturated rings. The lowest BCUT2D eigenvalue weighted by Gasteiger charge is -2.32. The van der Waals surface area contributed by atoms with Gasteiger partial charge in [0.05, 0.1) is 13.0 Å². The van der Waals surface area contributed by atoms with Crippen molar-refractivity contribution in [3.8, 4) is 5.75 Å². The summed E-state index contributed by atoms with van der Waals surface area (Å²) >= 11 is 0. The van der Waals surface area contributed by atoms with Crippen molar-refractivity contribution in [3.05, 3.63) is 30.3 Å². The smallest absolute Gasteiger partial charge is 0.225 e. The molecule has 6 nitrogen and oxygen atoms in total. The quantitative estimate of drug-likeness (QED) is 0.704. The van der Waals surface area contributed by atoms with Crippen LogP contribution in [0.5, 0.6) is 5.75 Å². The van der Waals surface area contributed by atoms with Crippen molar-refractivity contribution in [2.24, 2.45) is 17.6 Å². The maximum atomic E-state index is 12.4. The van der Waals surface area contributed by atoms with Crippen LogP contribution in [0.25, 0.3) is 0 Å². The van der Waals surface area contributed by atoms with Crippen LogP contribution in [-0.4, -0.2) is 49.0 Å². The number of ether oxygens (including phenoxy) is 1. The number of halogens is 1. The summed E-state index contributed by atoms with van der Waals surface area (Å²) in [5.74, 6) is 1.54. The fraction of sp³-hybridized carbons (Fsp3) is 0.600. The van der Waals surface area contributed by atoms with Crippen molar-refractivity contribution in [1.82, 2.24) is 10.2 Å². The molecule has 0 radical (unpaired) electrons. The van der Waals surface area contributed by atoms with Gasteiger partial charge in [0.25, 0.3) is 0 Å². The van der Waals surface area contributed by atoms with E-state index < -0.39 is 0 Å². The standard InChI is InChI=1S/C20H29N3O3.ClH/c21-14-18(15-6-7-15)22-20(25)16-8-11-23(12-9-16)19(24)10-13-26-17-4-2-1-3-5-17;/h1-5,15-16,18H,6-14,21H2,(H,22,25);1H. The number of likely N-dealkylation sites (tertiary alicyclic amines) is 1. The van der Waals surface area contributed by atoms with Gasteiger partial charge in [-0.05, 0) is 43.7 Å². The molecule has 2 aliphatic rings. The molecule has 1 aromatic carbocycles. The van der Waals surface area contributed by atoms with Crippen LogP contribution in [0.3, 0.4) is 0 Å². The number of nitrogens with zero attached hydrogens (tertiary/aromatic N) is 1. The van der Waals surface area contributed by atoms with Gasteiger partial charge in [-0.3, -0.25) is 9.59 Å². The summed E-state index contributed by atoms with van der Waals surface area (Å²) in [6.45, 7) is 2.16. The average molecular weight is 396 g/mol. The Labute approximate surface area is 167 Å². The highest BCUT2D eigenvalue weighted by molar-refractivity contribution is 5.85. The Balaban J connectivity index is 0.00000261. The van der Waals surface area contributed by atoms with Gasteiger partial charge in [0.15, 0.2) is 0 Å². The minimum atomic E-state index is -0.00702. The first kappa shape index (κ1) is 21.5. The number of benzene rings is 1. The Morgan fingerprint density at radius 2 is 1.81 bits per heavy atom. The highest BCUT2D eigenvalue weighted by Crippen LogP contribution is 2.32. The molecule has 0 bridgehead atoms. The zero-order valence-corrected chi connectivity index (χ0v) is 16.5. The molecule has 1 saturated carbocycles. The second-order valence-electron chi connectivity index (χ2n) is 7.25. The van der Waals surface area contributed by atoms with Gasteiger partial charge in [-0.15, -0.1) is 12.4 Å². The first-order chi connectivity index (χ1) is 12.7. The molecule has 7 heteroatoms. The lowest BCUT2D eigenvalue weighted by molar-refractivity contribution is -0.136. The summed E-state index contributed by atoms with van der Waals surface area (Å²) in [6.07, 6.45) is 4.14. The summed E-state index contributed by atoms with van der Waals surface area (Å²) in [5.41, 5.74) is 5.76. The largest absolute Gasteiger partial charge is 0.493 e. The number of carbonyl (C=O) groups is 2. The van der Waals surface area contributed by atoms with Gasteiger partial charge in [-0.2, -0.15) is 0 Å². The number of rotatable bonds is 8. The van der Waals surface area contributed by atoms with Crippen molar-refractivity contribution in [2.45, 2.75) is 38.1 Å². The third-order valence-electron chi connectivity index (χ3n) is 5.32. The number of piperidine rings is 1. The number of amides is 2. The summed E-state index contributed by atoms with van der Waals surface area (Å²) in [4.78, 5) is 26.6. The van der Waals surface area contributed by atoms with Gasteiger partial charge in [-0.25, -0.2) is 0 Å². The summed E-state index contributed by atoms with van der Waals surface area (Å²) in [6, 6.07) is 9.63. The molecular weight excluding hydrogens is 366 g/mol. The number of nitrogens with one attached hydrogen (secondary N) is 1. The van der Waals surface area contributed by atoms with E-state index in [9.17, 15) is 9.59 Å². The molecule has 3 rings (SSSR count). The molecule has 1 unspecified atom stereocenters. The number of carbonyl (C=O) groups excluding carboxylic acids is 2. The van der Waals surface area contributed by atoms with Crippen LogP contribution in [0.1, 0.15) is 32.1 Å². The molecule has 2 amide bonds. The predicted octanol–water partition coefficient (Wildman–Crippen LogP) is 1.97.